The molecule has 1 aliphatic rings. The van der Waals surface area contributed by atoms with Gasteiger partial charge in [0, 0.05) is 13.1 Å². The predicted octanol–water partition coefficient (Wildman–Crippen LogP) is 0.504. The van der Waals surface area contributed by atoms with Gasteiger partial charge in [0.15, 0.2) is 0 Å². The number of hydrogen-bond acceptors (Lipinski definition) is 4. The lowest BCUT2D eigenvalue weighted by atomic mass is 10.1. The molecule has 1 fully saturated rings. The van der Waals surface area contributed by atoms with E-state index in [2.05, 4.69) is 10.6 Å². The Kier molecular flexibility index (Phi) is 7.96. The number of carboxylic acid groups (broad SMARTS) is 1. The van der Waals surface area contributed by atoms with Crippen molar-refractivity contribution < 1.29 is 19.5 Å². The molecule has 3 amide bonds. The summed E-state index contributed by atoms with van der Waals surface area (Å²) in [6.45, 7) is 1.36. The summed E-state index contributed by atoms with van der Waals surface area (Å²) < 4.78 is 0. The summed E-state index contributed by atoms with van der Waals surface area (Å²) in [6.07, 6.45) is 5.34. The number of urea groups is 1. The van der Waals surface area contributed by atoms with Gasteiger partial charge in [-0.3, -0.25) is 4.79 Å². The van der Waals surface area contributed by atoms with Crippen LogP contribution in [0.15, 0.2) is 0 Å². The van der Waals surface area contributed by atoms with Crippen molar-refractivity contribution >= 4 is 29.7 Å². The Bertz CT molecular complexity index is 372. The number of carbonyl (C=O) groups is 3. The number of hydrogen-bond donors (Lipinski definition) is 3. The van der Waals surface area contributed by atoms with E-state index in [1.807, 2.05) is 6.26 Å². The summed E-state index contributed by atoms with van der Waals surface area (Å²) >= 11 is 1.52. The number of nitrogens with one attached hydrogen (secondary N) is 2. The first-order valence-electron chi connectivity index (χ1n) is 7.08. The van der Waals surface area contributed by atoms with E-state index in [-0.39, 0.29) is 12.5 Å². The van der Waals surface area contributed by atoms with Gasteiger partial charge in [0.25, 0.3) is 0 Å². The van der Waals surface area contributed by atoms with E-state index in [9.17, 15) is 14.4 Å². The molecule has 0 bridgehead atoms. The normalized spacial score (nSPS) is 16.1. The number of carboxylic acids is 1. The summed E-state index contributed by atoms with van der Waals surface area (Å²) in [5, 5.41) is 13.8. The number of piperidine rings is 1. The maximum absolute atomic E-state index is 11.9. The average Bonchev–Trinajstić information content (AvgIpc) is 2.49. The molecule has 21 heavy (non-hydrogen) atoms. The highest BCUT2D eigenvalue weighted by molar-refractivity contribution is 7.98. The summed E-state index contributed by atoms with van der Waals surface area (Å²) in [6, 6.07) is -1.54. The van der Waals surface area contributed by atoms with Gasteiger partial charge in [-0.05, 0) is 37.7 Å². The zero-order chi connectivity index (χ0) is 15.7. The summed E-state index contributed by atoms with van der Waals surface area (Å²) in [4.78, 5) is 36.2. The van der Waals surface area contributed by atoms with Gasteiger partial charge in [-0.15, -0.1) is 0 Å². The van der Waals surface area contributed by atoms with Crippen molar-refractivity contribution in [2.24, 2.45) is 0 Å². The van der Waals surface area contributed by atoms with E-state index < -0.39 is 18.0 Å². The lowest BCUT2D eigenvalue weighted by Gasteiger charge is -2.26. The first kappa shape index (κ1) is 17.6. The quantitative estimate of drug-likeness (QED) is 0.635. The Morgan fingerprint density at radius 3 is 2.48 bits per heavy atom. The van der Waals surface area contributed by atoms with Gasteiger partial charge in [0.2, 0.25) is 5.91 Å². The first-order valence-corrected chi connectivity index (χ1v) is 8.48. The summed E-state index contributed by atoms with van der Waals surface area (Å²) in [5.74, 6) is -0.549. The van der Waals surface area contributed by atoms with Gasteiger partial charge in [0.1, 0.15) is 6.04 Å². The van der Waals surface area contributed by atoms with Crippen LogP contribution in [0.1, 0.15) is 25.7 Å². The largest absolute Gasteiger partial charge is 0.480 e. The molecule has 0 unspecified atom stereocenters. The van der Waals surface area contributed by atoms with Crippen molar-refractivity contribution in [1.29, 1.82) is 0 Å². The van der Waals surface area contributed by atoms with Crippen molar-refractivity contribution in [3.05, 3.63) is 0 Å². The summed E-state index contributed by atoms with van der Waals surface area (Å²) in [7, 11) is 0. The standard InChI is InChI=1S/C13H23N3O4S/c1-21-8-5-10(12(18)19)15-13(20)14-9-11(17)16-6-3-2-4-7-16/h10H,2-9H2,1H3,(H,18,19)(H2,14,15,20)/t10-/m1/s1. The smallest absolute Gasteiger partial charge is 0.326 e. The Hall–Kier alpha value is -1.44. The fraction of sp³-hybridized carbons (Fsp3) is 0.769. The van der Waals surface area contributed by atoms with Gasteiger partial charge < -0.3 is 20.6 Å². The number of rotatable bonds is 7. The highest BCUT2D eigenvalue weighted by Crippen LogP contribution is 2.08. The average molecular weight is 317 g/mol. The van der Waals surface area contributed by atoms with Crippen LogP contribution in [0.2, 0.25) is 0 Å². The number of carbonyl (C=O) groups excluding carboxylic acids is 2. The lowest BCUT2D eigenvalue weighted by Crippen LogP contribution is -2.49. The summed E-state index contributed by atoms with van der Waals surface area (Å²) in [5.41, 5.74) is 0. The number of thioether (sulfide) groups is 1. The Morgan fingerprint density at radius 2 is 1.90 bits per heavy atom. The second-order valence-corrected chi connectivity index (χ2v) is 5.93. The van der Waals surface area contributed by atoms with Crippen LogP contribution in [-0.4, -0.2) is 65.6 Å². The third-order valence-electron chi connectivity index (χ3n) is 3.32. The van der Waals surface area contributed by atoms with Gasteiger partial charge in [0.05, 0.1) is 6.54 Å². The second-order valence-electron chi connectivity index (χ2n) is 4.94. The van der Waals surface area contributed by atoms with Gasteiger partial charge in [-0.25, -0.2) is 9.59 Å². The molecule has 8 heteroatoms. The molecule has 0 saturated carbocycles. The van der Waals surface area contributed by atoms with Crippen LogP contribution < -0.4 is 10.6 Å². The van der Waals surface area contributed by atoms with Gasteiger partial charge in [-0.1, -0.05) is 0 Å². The van der Waals surface area contributed by atoms with Gasteiger partial charge in [-0.2, -0.15) is 11.8 Å². The van der Waals surface area contributed by atoms with E-state index in [0.717, 1.165) is 32.4 Å². The molecular weight excluding hydrogens is 294 g/mol. The molecular formula is C13H23N3O4S. The van der Waals surface area contributed by atoms with Crippen molar-refractivity contribution in [3.63, 3.8) is 0 Å². The molecule has 0 aromatic heterocycles. The second kappa shape index (κ2) is 9.49. The molecule has 1 atom stereocenters. The Morgan fingerprint density at radius 1 is 1.24 bits per heavy atom. The molecule has 0 aromatic rings. The van der Waals surface area contributed by atoms with Crippen LogP contribution in [0.25, 0.3) is 0 Å². The minimum atomic E-state index is -1.07. The molecule has 7 nitrogen and oxygen atoms in total. The van der Waals surface area contributed by atoms with Crippen molar-refractivity contribution in [2.45, 2.75) is 31.7 Å². The molecule has 0 aliphatic carbocycles. The van der Waals surface area contributed by atoms with E-state index in [0.29, 0.717) is 12.2 Å². The molecule has 1 aliphatic heterocycles. The molecule has 0 spiro atoms. The topological polar surface area (TPSA) is 98.7 Å². The van der Waals surface area contributed by atoms with Crippen LogP contribution in [0.4, 0.5) is 4.79 Å². The molecule has 120 valence electrons. The third-order valence-corrected chi connectivity index (χ3v) is 3.97. The fourth-order valence-electron chi connectivity index (χ4n) is 2.11. The highest BCUT2D eigenvalue weighted by atomic mass is 32.2. The maximum Gasteiger partial charge on any atom is 0.326 e. The molecule has 0 aromatic carbocycles. The monoisotopic (exact) mass is 317 g/mol. The fourth-order valence-corrected chi connectivity index (χ4v) is 2.58. The number of aliphatic carboxylic acids is 1. The number of amides is 3. The number of likely N-dealkylation sites (tertiary alicyclic amines) is 1. The SMILES string of the molecule is CSCC[C@@H](NC(=O)NCC(=O)N1CCCCC1)C(=O)O. The molecule has 1 saturated heterocycles. The first-order chi connectivity index (χ1) is 10.0. The van der Waals surface area contributed by atoms with Crippen molar-refractivity contribution in [3.8, 4) is 0 Å². The van der Waals surface area contributed by atoms with Crippen LogP contribution in [0.3, 0.4) is 0 Å². The van der Waals surface area contributed by atoms with E-state index in [1.54, 1.807) is 4.90 Å². The lowest BCUT2D eigenvalue weighted by molar-refractivity contribution is -0.139. The van der Waals surface area contributed by atoms with Crippen LogP contribution in [0.5, 0.6) is 0 Å². The van der Waals surface area contributed by atoms with Crippen LogP contribution >= 0.6 is 11.8 Å². The van der Waals surface area contributed by atoms with Crippen LogP contribution in [0, 0.1) is 0 Å². The third kappa shape index (κ3) is 6.70. The highest BCUT2D eigenvalue weighted by Gasteiger charge is 2.21. The Balaban J connectivity index is 2.31. The van der Waals surface area contributed by atoms with E-state index in [4.69, 9.17) is 5.11 Å². The Labute approximate surface area is 128 Å². The molecule has 3 N–H and O–H groups in total. The number of nitrogens with zero attached hydrogens (tertiary/aromatic N) is 1. The predicted molar refractivity (Wildman–Crippen MR) is 81.4 cm³/mol. The van der Waals surface area contributed by atoms with Crippen LogP contribution in [-0.2, 0) is 9.59 Å². The minimum Gasteiger partial charge on any atom is -0.480 e. The molecule has 1 rings (SSSR count). The zero-order valence-corrected chi connectivity index (χ0v) is 13.1. The molecule has 0 radical (unpaired) electrons. The van der Waals surface area contributed by atoms with Crippen molar-refractivity contribution in [1.82, 2.24) is 15.5 Å². The maximum atomic E-state index is 11.9. The van der Waals surface area contributed by atoms with E-state index >= 15 is 0 Å². The van der Waals surface area contributed by atoms with Crippen molar-refractivity contribution in [2.75, 3.05) is 31.6 Å². The van der Waals surface area contributed by atoms with E-state index in [1.165, 1.54) is 11.8 Å². The zero-order valence-electron chi connectivity index (χ0n) is 12.3. The minimum absolute atomic E-state index is 0.0965. The van der Waals surface area contributed by atoms with Gasteiger partial charge >= 0.3 is 12.0 Å². The molecule has 1 heterocycles.